The number of amides is 1. The number of carbonyl (C=O) groups is 2. The second kappa shape index (κ2) is 16.2. The number of aryl methyl sites for hydroxylation is 3. The highest BCUT2D eigenvalue weighted by molar-refractivity contribution is 7.92. The van der Waals surface area contributed by atoms with E-state index >= 15 is 4.39 Å². The zero-order valence-corrected chi connectivity index (χ0v) is 35.4. The number of hydrogen-bond donors (Lipinski definition) is 3. The number of hydrogen-bond acceptors (Lipinski definition) is 10. The molecule has 0 fully saturated rings. The molecule has 1 aliphatic heterocycles. The number of esters is 1. The lowest BCUT2D eigenvalue weighted by Crippen LogP contribution is -2.24. The number of rotatable bonds is 11. The molecule has 0 unspecified atom stereocenters. The minimum atomic E-state index is -4.00. The van der Waals surface area contributed by atoms with Gasteiger partial charge in [-0.15, -0.1) is 21.5 Å². The van der Waals surface area contributed by atoms with Crippen LogP contribution in [0.4, 0.5) is 10.1 Å². The molecule has 1 aliphatic rings. The molecule has 3 N–H and O–H groups in total. The lowest BCUT2D eigenvalue weighted by atomic mass is 9.96. The number of sulfonamides is 1. The maximum absolute atomic E-state index is 15.6. The summed E-state index contributed by atoms with van der Waals surface area (Å²) in [5.74, 6) is -0.522. The molecule has 1 amide bonds. The van der Waals surface area contributed by atoms with E-state index in [0.29, 0.717) is 62.6 Å². The third-order valence-electron chi connectivity index (χ3n) is 10.9. The highest BCUT2D eigenvalue weighted by Gasteiger charge is 2.33. The number of thiophene rings is 1. The first-order valence-electron chi connectivity index (χ1n) is 19.3. The number of aromatic amines is 1. The van der Waals surface area contributed by atoms with Gasteiger partial charge in [-0.05, 0) is 85.3 Å². The number of ether oxygens (including phenoxy) is 1. The molecule has 7 aromatic rings. The van der Waals surface area contributed by atoms with Crippen LogP contribution in [0.25, 0.3) is 27.0 Å². The molecule has 0 bridgehead atoms. The fraction of sp³-hybridized carbons (Fsp3) is 0.200. The van der Waals surface area contributed by atoms with Gasteiger partial charge in [0.2, 0.25) is 0 Å². The van der Waals surface area contributed by atoms with Crippen molar-refractivity contribution in [1.29, 1.82) is 5.26 Å². The Morgan fingerprint density at radius 2 is 1.70 bits per heavy atom. The van der Waals surface area contributed by atoms with Crippen LogP contribution in [0.3, 0.4) is 0 Å². The molecule has 3 aromatic heterocycles. The van der Waals surface area contributed by atoms with Gasteiger partial charge in [0.25, 0.3) is 15.9 Å². The van der Waals surface area contributed by atoms with Crippen molar-refractivity contribution < 1.29 is 27.1 Å². The predicted octanol–water partition coefficient (Wildman–Crippen LogP) is 8.16. The molecule has 13 nitrogen and oxygen atoms in total. The van der Waals surface area contributed by atoms with Gasteiger partial charge in [-0.1, -0.05) is 55.5 Å². The van der Waals surface area contributed by atoms with E-state index in [2.05, 4.69) is 31.3 Å². The van der Waals surface area contributed by atoms with Crippen LogP contribution in [0, 0.1) is 37.9 Å². The molecule has 61 heavy (non-hydrogen) atoms. The van der Waals surface area contributed by atoms with E-state index in [1.807, 2.05) is 56.5 Å². The third kappa shape index (κ3) is 7.58. The van der Waals surface area contributed by atoms with Gasteiger partial charge in [-0.3, -0.25) is 23.9 Å². The van der Waals surface area contributed by atoms with Crippen molar-refractivity contribution in [3.8, 4) is 22.2 Å². The SMILES string of the molecule is CCc1ccc(NS(=O)(=O)c2ccc(CNC(=O)c3ccc(-c4ccc(C5=N[C@@H](CC(=O)OC)c6nnc(C)n6-c6sc(C)c(C)c65)cc4)cc3F)cc2)c2[nH]cc(C#N)c12. The average molecular weight is 855 g/mol. The minimum Gasteiger partial charge on any atom is -0.469 e. The number of nitrogens with one attached hydrogen (secondary N) is 3. The molecule has 0 radical (unpaired) electrons. The molecule has 308 valence electrons. The normalized spacial score (nSPS) is 13.5. The third-order valence-corrected chi connectivity index (χ3v) is 13.5. The van der Waals surface area contributed by atoms with Crippen LogP contribution in [0.5, 0.6) is 0 Å². The predicted molar refractivity (Wildman–Crippen MR) is 231 cm³/mol. The number of nitriles is 1. The molecular weight excluding hydrogens is 816 g/mol. The summed E-state index contributed by atoms with van der Waals surface area (Å²) in [5, 5.41) is 22.6. The van der Waals surface area contributed by atoms with Gasteiger partial charge in [0.05, 0.1) is 46.5 Å². The van der Waals surface area contributed by atoms with Gasteiger partial charge in [0, 0.05) is 34.1 Å². The number of nitrogens with zero attached hydrogens (tertiary/aromatic N) is 5. The van der Waals surface area contributed by atoms with E-state index in [9.17, 15) is 23.3 Å². The van der Waals surface area contributed by atoms with Crippen molar-refractivity contribution in [2.75, 3.05) is 11.8 Å². The summed E-state index contributed by atoms with van der Waals surface area (Å²) in [7, 11) is -2.66. The van der Waals surface area contributed by atoms with Gasteiger partial charge in [-0.25, -0.2) is 12.8 Å². The smallest absolute Gasteiger partial charge is 0.308 e. The van der Waals surface area contributed by atoms with Crippen LogP contribution in [0.15, 0.2) is 94.9 Å². The van der Waals surface area contributed by atoms with Crippen LogP contribution in [-0.2, 0) is 32.5 Å². The number of fused-ring (bicyclic) bond motifs is 4. The Bertz CT molecular complexity index is 3070. The van der Waals surface area contributed by atoms with Gasteiger partial charge in [0.1, 0.15) is 28.8 Å². The second-order valence-corrected chi connectivity index (χ2v) is 17.5. The fourth-order valence-corrected chi connectivity index (χ4v) is 9.81. The van der Waals surface area contributed by atoms with Crippen LogP contribution in [0.1, 0.15) is 79.7 Å². The maximum Gasteiger partial charge on any atom is 0.308 e. The largest absolute Gasteiger partial charge is 0.469 e. The summed E-state index contributed by atoms with van der Waals surface area (Å²) in [6.45, 7) is 7.95. The number of H-pyrrole nitrogens is 1. The highest BCUT2D eigenvalue weighted by Crippen LogP contribution is 2.40. The second-order valence-electron chi connectivity index (χ2n) is 14.6. The summed E-state index contributed by atoms with van der Waals surface area (Å²) >= 11 is 1.61. The zero-order chi connectivity index (χ0) is 43.2. The maximum atomic E-state index is 15.6. The van der Waals surface area contributed by atoms with E-state index in [1.165, 1.54) is 31.4 Å². The summed E-state index contributed by atoms with van der Waals surface area (Å²) in [6, 6.07) is 22.9. The number of aromatic nitrogens is 4. The number of aliphatic imine (C=N–C) groups is 1. The van der Waals surface area contributed by atoms with Crippen molar-refractivity contribution in [1.82, 2.24) is 25.1 Å². The first-order valence-corrected chi connectivity index (χ1v) is 21.6. The molecule has 16 heteroatoms. The first-order chi connectivity index (χ1) is 29.3. The number of anilines is 1. The zero-order valence-electron chi connectivity index (χ0n) is 33.8. The summed E-state index contributed by atoms with van der Waals surface area (Å²) < 4.78 is 51.8. The van der Waals surface area contributed by atoms with Crippen molar-refractivity contribution in [3.05, 3.63) is 146 Å². The number of carbonyl (C=O) groups excluding carboxylic acids is 2. The van der Waals surface area contributed by atoms with Gasteiger partial charge >= 0.3 is 5.97 Å². The Kier molecular flexibility index (Phi) is 10.9. The lowest BCUT2D eigenvalue weighted by Gasteiger charge is -2.13. The van der Waals surface area contributed by atoms with E-state index in [0.717, 1.165) is 32.1 Å². The number of halogens is 1. The van der Waals surface area contributed by atoms with E-state index < -0.39 is 33.8 Å². The summed E-state index contributed by atoms with van der Waals surface area (Å²) in [6.07, 6.45) is 2.21. The minimum absolute atomic E-state index is 0.00348. The molecule has 4 aromatic carbocycles. The highest BCUT2D eigenvalue weighted by atomic mass is 32.2. The van der Waals surface area contributed by atoms with Gasteiger partial charge in [0.15, 0.2) is 5.82 Å². The topological polar surface area (TPSA) is 184 Å². The molecule has 0 spiro atoms. The first kappa shape index (κ1) is 40.8. The van der Waals surface area contributed by atoms with E-state index in [-0.39, 0.29) is 23.4 Å². The van der Waals surface area contributed by atoms with Crippen molar-refractivity contribution in [3.63, 3.8) is 0 Å². The summed E-state index contributed by atoms with van der Waals surface area (Å²) in [5.41, 5.74) is 7.41. The van der Waals surface area contributed by atoms with Crippen LogP contribution in [0.2, 0.25) is 0 Å². The molecule has 1 atom stereocenters. The van der Waals surface area contributed by atoms with E-state index in [1.54, 1.807) is 47.9 Å². The molecule has 0 saturated heterocycles. The summed E-state index contributed by atoms with van der Waals surface area (Å²) in [4.78, 5) is 34.9. The van der Waals surface area contributed by atoms with Crippen molar-refractivity contribution >= 4 is 55.5 Å². The van der Waals surface area contributed by atoms with E-state index in [4.69, 9.17) is 9.73 Å². The Hall–Kier alpha value is -6.96. The standard InChI is InChI=1S/C45H39FN8O5S2/c1-6-28-14-18-36(42-40(28)32(21-47)23-48-42)53-61(57,58)33-15-7-27(8-16-33)22-49-44(56)34-17-13-31(19-35(34)46)29-9-11-30(12-10-29)41-39-24(2)25(3)60-45(39)54-26(4)51-52-43(54)37(50-41)20-38(55)59-5/h7-19,23,37,48,53H,6,20,22H2,1-5H3,(H,49,56)/t37-/m0/s1. The molecule has 4 heterocycles. The Morgan fingerprint density at radius 3 is 2.39 bits per heavy atom. The average Bonchev–Trinajstić information content (AvgIpc) is 3.93. The monoisotopic (exact) mass is 854 g/mol. The molecule has 0 aliphatic carbocycles. The van der Waals surface area contributed by atoms with Crippen molar-refractivity contribution in [2.24, 2.45) is 4.99 Å². The number of benzene rings is 4. The van der Waals surface area contributed by atoms with Gasteiger partial charge in [-0.2, -0.15) is 5.26 Å². The lowest BCUT2D eigenvalue weighted by molar-refractivity contribution is -0.141. The Balaban J connectivity index is 0.961. The Labute approximate surface area is 355 Å². The Morgan fingerprint density at radius 1 is 0.984 bits per heavy atom. The fourth-order valence-electron chi connectivity index (χ4n) is 7.52. The number of methoxy groups -OCH3 is 1. The quantitative estimate of drug-likeness (QED) is 0.109. The van der Waals surface area contributed by atoms with Crippen LogP contribution < -0.4 is 10.0 Å². The van der Waals surface area contributed by atoms with Crippen LogP contribution in [-0.4, -0.2) is 52.9 Å². The molecule has 0 saturated carbocycles. The van der Waals surface area contributed by atoms with Crippen LogP contribution >= 0.6 is 11.3 Å². The molecule has 8 rings (SSSR count). The van der Waals surface area contributed by atoms with Gasteiger partial charge < -0.3 is 15.0 Å². The van der Waals surface area contributed by atoms with Crippen molar-refractivity contribution in [2.45, 2.75) is 58.0 Å². The molecular formula is C45H39FN8O5S2.